The fourth-order valence-corrected chi connectivity index (χ4v) is 1.32. The number of rotatable bonds is 2. The summed E-state index contributed by atoms with van der Waals surface area (Å²) >= 11 is 4.72. The van der Waals surface area contributed by atoms with Crippen LogP contribution in [0, 0.1) is 5.92 Å². The van der Waals surface area contributed by atoms with Crippen molar-refractivity contribution >= 4 is 29.0 Å². The lowest BCUT2D eigenvalue weighted by Gasteiger charge is -2.28. The van der Waals surface area contributed by atoms with Crippen molar-refractivity contribution in [1.82, 2.24) is 10.2 Å². The molecule has 0 spiro atoms. The number of nitrogens with zero attached hydrogens (tertiary/aromatic N) is 1. The number of carbonyl (C=O) groups is 2. The zero-order valence-corrected chi connectivity index (χ0v) is 8.76. The summed E-state index contributed by atoms with van der Waals surface area (Å²) < 4.78 is 0. The van der Waals surface area contributed by atoms with Crippen molar-refractivity contribution in [3.63, 3.8) is 0 Å². The second kappa shape index (κ2) is 4.36. The summed E-state index contributed by atoms with van der Waals surface area (Å²) in [6.07, 6.45) is 0. The van der Waals surface area contributed by atoms with Crippen molar-refractivity contribution in [3.05, 3.63) is 0 Å². The molecule has 0 aliphatic carbocycles. The molecule has 0 saturated carbocycles. The van der Waals surface area contributed by atoms with E-state index in [1.54, 1.807) is 6.92 Å². The number of carbonyl (C=O) groups excluding carboxylic acids is 2. The summed E-state index contributed by atoms with van der Waals surface area (Å²) in [6, 6.07) is 0. The average Bonchev–Trinajstić information content (AvgIpc) is 2.15. The van der Waals surface area contributed by atoms with Crippen LogP contribution in [0.2, 0.25) is 0 Å². The maximum absolute atomic E-state index is 11.7. The largest absolute Gasteiger partial charge is 0.393 e. The average molecular weight is 215 g/mol. The number of hydrogen-bond acceptors (Lipinski definition) is 3. The smallest absolute Gasteiger partial charge is 0.239 e. The highest BCUT2D eigenvalue weighted by Crippen LogP contribution is 2.04. The molecule has 1 unspecified atom stereocenters. The molecule has 1 saturated heterocycles. The molecule has 1 fully saturated rings. The molecule has 3 N–H and O–H groups in total. The van der Waals surface area contributed by atoms with Gasteiger partial charge in [0.1, 0.15) is 0 Å². The molecule has 1 aliphatic heterocycles. The minimum Gasteiger partial charge on any atom is -0.393 e. The van der Waals surface area contributed by atoms with E-state index >= 15 is 0 Å². The minimum absolute atomic E-state index is 0.103. The number of nitrogens with two attached hydrogens (primary N) is 1. The Hall–Kier alpha value is -1.17. The zero-order chi connectivity index (χ0) is 10.7. The lowest BCUT2D eigenvalue weighted by Crippen LogP contribution is -2.52. The van der Waals surface area contributed by atoms with Gasteiger partial charge in [0.15, 0.2) is 0 Å². The standard InChI is InChI=1S/C8H13N3O2S/c1-5(7(9)14)8(13)11-3-2-10-6(12)4-11/h5H,2-4H2,1H3,(H2,9,14)(H,10,12). The van der Waals surface area contributed by atoms with Crippen molar-refractivity contribution < 1.29 is 9.59 Å². The number of thiocarbonyl (C=S) groups is 1. The van der Waals surface area contributed by atoms with Crippen LogP contribution in [0.3, 0.4) is 0 Å². The molecule has 0 radical (unpaired) electrons. The fraction of sp³-hybridized carbons (Fsp3) is 0.625. The fourth-order valence-electron chi connectivity index (χ4n) is 1.22. The zero-order valence-electron chi connectivity index (χ0n) is 7.95. The van der Waals surface area contributed by atoms with E-state index in [0.717, 1.165) is 0 Å². The lowest BCUT2D eigenvalue weighted by atomic mass is 10.1. The molecule has 0 aromatic rings. The van der Waals surface area contributed by atoms with Gasteiger partial charge in [-0.1, -0.05) is 12.2 Å². The third-order valence-electron chi connectivity index (χ3n) is 2.15. The molecule has 2 amide bonds. The van der Waals surface area contributed by atoms with Crippen LogP contribution in [0.15, 0.2) is 0 Å². The van der Waals surface area contributed by atoms with E-state index in [4.69, 9.17) is 18.0 Å². The van der Waals surface area contributed by atoms with Gasteiger partial charge in [-0.25, -0.2) is 0 Å². The molecule has 1 aliphatic rings. The Kier molecular flexibility index (Phi) is 3.40. The van der Waals surface area contributed by atoms with Gasteiger partial charge in [-0.05, 0) is 6.92 Å². The van der Waals surface area contributed by atoms with Gasteiger partial charge in [-0.3, -0.25) is 9.59 Å². The first-order valence-electron chi connectivity index (χ1n) is 4.37. The number of hydrogen-bond donors (Lipinski definition) is 2. The Bertz CT molecular complexity index is 280. The summed E-state index contributed by atoms with van der Waals surface area (Å²) in [7, 11) is 0. The van der Waals surface area contributed by atoms with Crippen LogP contribution in [0.5, 0.6) is 0 Å². The van der Waals surface area contributed by atoms with Crippen molar-refractivity contribution in [1.29, 1.82) is 0 Å². The van der Waals surface area contributed by atoms with Crippen molar-refractivity contribution in [3.8, 4) is 0 Å². The van der Waals surface area contributed by atoms with Gasteiger partial charge in [0.2, 0.25) is 11.8 Å². The Morgan fingerprint density at radius 2 is 2.36 bits per heavy atom. The van der Waals surface area contributed by atoms with E-state index in [2.05, 4.69) is 5.32 Å². The maximum Gasteiger partial charge on any atom is 0.239 e. The summed E-state index contributed by atoms with van der Waals surface area (Å²) in [5.41, 5.74) is 5.36. The van der Waals surface area contributed by atoms with Crippen molar-refractivity contribution in [2.75, 3.05) is 19.6 Å². The number of amides is 2. The Labute approximate surface area is 87.6 Å². The van der Waals surface area contributed by atoms with Gasteiger partial charge in [-0.2, -0.15) is 0 Å². The topological polar surface area (TPSA) is 75.4 Å². The number of nitrogens with one attached hydrogen (secondary N) is 1. The van der Waals surface area contributed by atoms with Crippen LogP contribution in [-0.4, -0.2) is 41.3 Å². The first-order chi connectivity index (χ1) is 6.52. The Morgan fingerprint density at radius 3 is 2.86 bits per heavy atom. The summed E-state index contributed by atoms with van der Waals surface area (Å²) in [6.45, 7) is 2.77. The van der Waals surface area contributed by atoms with Gasteiger partial charge in [0.25, 0.3) is 0 Å². The first-order valence-corrected chi connectivity index (χ1v) is 4.78. The van der Waals surface area contributed by atoms with Gasteiger partial charge < -0.3 is 16.0 Å². The third kappa shape index (κ3) is 2.41. The molecule has 14 heavy (non-hydrogen) atoms. The highest BCUT2D eigenvalue weighted by atomic mass is 32.1. The van der Waals surface area contributed by atoms with E-state index in [-0.39, 0.29) is 23.3 Å². The van der Waals surface area contributed by atoms with E-state index in [1.165, 1.54) is 4.90 Å². The highest BCUT2D eigenvalue weighted by Gasteiger charge is 2.26. The molecule has 78 valence electrons. The second-order valence-corrected chi connectivity index (χ2v) is 3.71. The molecule has 0 aromatic heterocycles. The molecular formula is C8H13N3O2S. The molecule has 0 aromatic carbocycles. The molecular weight excluding hydrogens is 202 g/mol. The summed E-state index contributed by atoms with van der Waals surface area (Å²) in [5, 5.41) is 2.64. The monoisotopic (exact) mass is 215 g/mol. The Morgan fingerprint density at radius 1 is 1.71 bits per heavy atom. The molecule has 1 atom stereocenters. The van der Waals surface area contributed by atoms with Crippen LogP contribution >= 0.6 is 12.2 Å². The normalized spacial score (nSPS) is 18.6. The second-order valence-electron chi connectivity index (χ2n) is 3.23. The molecule has 6 heteroatoms. The lowest BCUT2D eigenvalue weighted by molar-refractivity contribution is -0.139. The summed E-state index contributed by atoms with van der Waals surface area (Å²) in [4.78, 5) is 24.3. The Balaban J connectivity index is 2.59. The quantitative estimate of drug-likeness (QED) is 0.571. The molecule has 1 rings (SSSR count). The van der Waals surface area contributed by atoms with Gasteiger partial charge in [0.05, 0.1) is 17.5 Å². The summed E-state index contributed by atoms with van der Waals surface area (Å²) in [5.74, 6) is -0.803. The van der Waals surface area contributed by atoms with Gasteiger partial charge in [0, 0.05) is 13.1 Å². The van der Waals surface area contributed by atoms with E-state index in [9.17, 15) is 9.59 Å². The third-order valence-corrected chi connectivity index (χ3v) is 2.50. The predicted molar refractivity (Wildman–Crippen MR) is 55.5 cm³/mol. The first kappa shape index (κ1) is 10.9. The van der Waals surface area contributed by atoms with E-state index < -0.39 is 5.92 Å². The van der Waals surface area contributed by atoms with Crippen molar-refractivity contribution in [2.24, 2.45) is 11.7 Å². The minimum atomic E-state index is -0.490. The van der Waals surface area contributed by atoms with E-state index in [1.807, 2.05) is 0 Å². The highest BCUT2D eigenvalue weighted by molar-refractivity contribution is 7.80. The maximum atomic E-state index is 11.7. The predicted octanol–water partition coefficient (Wildman–Crippen LogP) is -1.13. The number of piperazine rings is 1. The SMILES string of the molecule is CC(C(=O)N1CCNC(=O)C1)C(N)=S. The van der Waals surface area contributed by atoms with Crippen LogP contribution in [0.25, 0.3) is 0 Å². The molecule has 0 bridgehead atoms. The molecule has 1 heterocycles. The van der Waals surface area contributed by atoms with Crippen LogP contribution in [0.4, 0.5) is 0 Å². The van der Waals surface area contributed by atoms with Gasteiger partial charge in [-0.15, -0.1) is 0 Å². The van der Waals surface area contributed by atoms with Gasteiger partial charge >= 0.3 is 0 Å². The molecule has 5 nitrogen and oxygen atoms in total. The van der Waals surface area contributed by atoms with Crippen LogP contribution in [0.1, 0.15) is 6.92 Å². The van der Waals surface area contributed by atoms with Crippen LogP contribution < -0.4 is 11.1 Å². The van der Waals surface area contributed by atoms with E-state index in [0.29, 0.717) is 13.1 Å². The van der Waals surface area contributed by atoms with Crippen molar-refractivity contribution in [2.45, 2.75) is 6.92 Å². The van der Waals surface area contributed by atoms with Crippen LogP contribution in [-0.2, 0) is 9.59 Å².